The van der Waals surface area contributed by atoms with Crippen LogP contribution in [0, 0.1) is 0 Å². The number of hydrogen-bond donors (Lipinski definition) is 1. The first kappa shape index (κ1) is 15.8. The molecule has 0 bridgehead atoms. The van der Waals surface area contributed by atoms with Crippen molar-refractivity contribution in [3.8, 4) is 11.3 Å². The maximum absolute atomic E-state index is 4.64. The zero-order chi connectivity index (χ0) is 18.1. The third kappa shape index (κ3) is 3.10. The predicted molar refractivity (Wildman–Crippen MR) is 107 cm³/mol. The molecule has 1 saturated heterocycles. The van der Waals surface area contributed by atoms with Gasteiger partial charge in [-0.2, -0.15) is 14.6 Å². The van der Waals surface area contributed by atoms with E-state index < -0.39 is 0 Å². The quantitative estimate of drug-likeness (QED) is 0.607. The highest BCUT2D eigenvalue weighted by Crippen LogP contribution is 2.25. The molecule has 2 aromatic heterocycles. The van der Waals surface area contributed by atoms with Crippen molar-refractivity contribution in [2.24, 2.45) is 0 Å². The number of benzene rings is 2. The molecule has 0 amide bonds. The van der Waals surface area contributed by atoms with E-state index in [4.69, 9.17) is 0 Å². The van der Waals surface area contributed by atoms with E-state index in [-0.39, 0.29) is 0 Å². The van der Waals surface area contributed by atoms with Gasteiger partial charge in [-0.15, -0.1) is 0 Å². The fourth-order valence-electron chi connectivity index (χ4n) is 3.63. The van der Waals surface area contributed by atoms with E-state index in [1.807, 2.05) is 18.2 Å². The van der Waals surface area contributed by atoms with Gasteiger partial charge in [-0.05, 0) is 18.6 Å². The first-order valence-corrected chi connectivity index (χ1v) is 9.19. The zero-order valence-corrected chi connectivity index (χ0v) is 14.9. The van der Waals surface area contributed by atoms with Crippen LogP contribution in [-0.4, -0.2) is 38.7 Å². The van der Waals surface area contributed by atoms with Crippen molar-refractivity contribution in [1.82, 2.24) is 19.6 Å². The van der Waals surface area contributed by atoms with Gasteiger partial charge >= 0.3 is 0 Å². The van der Waals surface area contributed by atoms with E-state index >= 15 is 0 Å². The predicted octanol–water partition coefficient (Wildman–Crippen LogP) is 3.48. The standard InChI is InChI=1S/C21H20N6/c1-3-7-16(8-4-1)19-13-20(27-21(25-19)22-15-23-27)24-17-11-12-26(14-17)18-9-5-2-6-10-18/h1-10,13,15,17,24H,11-12,14H2. The number of hydrogen-bond acceptors (Lipinski definition) is 5. The Morgan fingerprint density at radius 3 is 2.56 bits per heavy atom. The number of aromatic nitrogens is 4. The van der Waals surface area contributed by atoms with Crippen molar-refractivity contribution in [1.29, 1.82) is 0 Å². The van der Waals surface area contributed by atoms with Crippen LogP contribution in [0.15, 0.2) is 73.1 Å². The van der Waals surface area contributed by atoms with Crippen LogP contribution in [0.3, 0.4) is 0 Å². The smallest absolute Gasteiger partial charge is 0.254 e. The molecule has 1 unspecified atom stereocenters. The Balaban J connectivity index is 1.43. The summed E-state index contributed by atoms with van der Waals surface area (Å²) in [5.41, 5.74) is 3.24. The number of anilines is 2. The summed E-state index contributed by atoms with van der Waals surface area (Å²) < 4.78 is 1.78. The Bertz CT molecular complexity index is 1040. The minimum atomic E-state index is 0.351. The molecule has 0 saturated carbocycles. The SMILES string of the molecule is c1ccc(-c2cc(NC3CCN(c4ccccc4)C3)n3ncnc3n2)cc1. The van der Waals surface area contributed by atoms with E-state index in [9.17, 15) is 0 Å². The minimum absolute atomic E-state index is 0.351. The molecule has 0 radical (unpaired) electrons. The Hall–Kier alpha value is -3.41. The number of rotatable bonds is 4. The molecule has 6 heteroatoms. The molecule has 6 nitrogen and oxygen atoms in total. The lowest BCUT2D eigenvalue weighted by Gasteiger charge is -2.19. The van der Waals surface area contributed by atoms with Crippen LogP contribution in [0.2, 0.25) is 0 Å². The summed E-state index contributed by atoms with van der Waals surface area (Å²) in [7, 11) is 0. The monoisotopic (exact) mass is 356 g/mol. The topological polar surface area (TPSA) is 58.4 Å². The van der Waals surface area contributed by atoms with Gasteiger partial charge in [-0.3, -0.25) is 0 Å². The average Bonchev–Trinajstić information content (AvgIpc) is 3.39. The molecule has 0 spiro atoms. The first-order valence-electron chi connectivity index (χ1n) is 9.19. The van der Waals surface area contributed by atoms with E-state index in [2.05, 4.69) is 73.8 Å². The summed E-state index contributed by atoms with van der Waals surface area (Å²) in [6, 6.07) is 23.1. The van der Waals surface area contributed by atoms with E-state index in [1.165, 1.54) is 5.69 Å². The lowest BCUT2D eigenvalue weighted by molar-refractivity contribution is 0.785. The molecule has 3 heterocycles. The molecule has 4 aromatic rings. The van der Waals surface area contributed by atoms with Crippen LogP contribution in [-0.2, 0) is 0 Å². The van der Waals surface area contributed by atoms with Crippen molar-refractivity contribution in [2.45, 2.75) is 12.5 Å². The maximum atomic E-state index is 4.64. The van der Waals surface area contributed by atoms with Crippen LogP contribution in [0.1, 0.15) is 6.42 Å². The summed E-state index contributed by atoms with van der Waals surface area (Å²) in [6.45, 7) is 2.00. The summed E-state index contributed by atoms with van der Waals surface area (Å²) in [6.07, 6.45) is 2.63. The third-order valence-corrected chi connectivity index (χ3v) is 4.98. The number of para-hydroxylation sites is 1. The molecule has 1 aliphatic rings. The Morgan fingerprint density at radius 1 is 0.963 bits per heavy atom. The lowest BCUT2D eigenvalue weighted by atomic mass is 10.1. The Kier molecular flexibility index (Phi) is 3.93. The highest BCUT2D eigenvalue weighted by Gasteiger charge is 2.23. The van der Waals surface area contributed by atoms with Crippen molar-refractivity contribution in [3.05, 3.63) is 73.1 Å². The van der Waals surface area contributed by atoms with Gasteiger partial charge in [0.15, 0.2) is 0 Å². The summed E-state index contributed by atoms with van der Waals surface area (Å²) in [5, 5.41) is 8.00. The number of nitrogens with one attached hydrogen (secondary N) is 1. The number of fused-ring (bicyclic) bond motifs is 1. The van der Waals surface area contributed by atoms with Gasteiger partial charge in [0.05, 0.1) is 5.69 Å². The molecule has 1 N–H and O–H groups in total. The van der Waals surface area contributed by atoms with E-state index in [0.29, 0.717) is 11.8 Å². The molecule has 1 aliphatic heterocycles. The molecule has 0 aliphatic carbocycles. The molecule has 1 fully saturated rings. The molecule has 1 atom stereocenters. The van der Waals surface area contributed by atoms with Gasteiger partial charge < -0.3 is 10.2 Å². The molecular formula is C21H20N6. The van der Waals surface area contributed by atoms with E-state index in [1.54, 1.807) is 10.8 Å². The highest BCUT2D eigenvalue weighted by molar-refractivity contribution is 5.65. The Morgan fingerprint density at radius 2 is 1.74 bits per heavy atom. The fraction of sp³-hybridized carbons (Fsp3) is 0.190. The second-order valence-electron chi connectivity index (χ2n) is 6.78. The van der Waals surface area contributed by atoms with Gasteiger partial charge in [0.1, 0.15) is 12.1 Å². The maximum Gasteiger partial charge on any atom is 0.254 e. The zero-order valence-electron chi connectivity index (χ0n) is 14.9. The largest absolute Gasteiger partial charge is 0.369 e. The third-order valence-electron chi connectivity index (χ3n) is 4.98. The average molecular weight is 356 g/mol. The van der Waals surface area contributed by atoms with Gasteiger partial charge in [-0.25, -0.2) is 4.98 Å². The second-order valence-corrected chi connectivity index (χ2v) is 6.78. The van der Waals surface area contributed by atoms with Crippen molar-refractivity contribution in [2.75, 3.05) is 23.3 Å². The molecule has 134 valence electrons. The second kappa shape index (κ2) is 6.72. The molecular weight excluding hydrogens is 336 g/mol. The van der Waals surface area contributed by atoms with Gasteiger partial charge in [0, 0.05) is 36.4 Å². The fourth-order valence-corrected chi connectivity index (χ4v) is 3.63. The van der Waals surface area contributed by atoms with Crippen molar-refractivity contribution >= 4 is 17.3 Å². The van der Waals surface area contributed by atoms with Crippen LogP contribution in [0.4, 0.5) is 11.5 Å². The number of nitrogens with zero attached hydrogens (tertiary/aromatic N) is 5. The van der Waals surface area contributed by atoms with Crippen molar-refractivity contribution < 1.29 is 0 Å². The van der Waals surface area contributed by atoms with E-state index in [0.717, 1.165) is 36.6 Å². The van der Waals surface area contributed by atoms with Gasteiger partial charge in [0.2, 0.25) is 0 Å². The first-order chi connectivity index (χ1) is 13.4. The Labute approximate surface area is 157 Å². The van der Waals surface area contributed by atoms with Crippen LogP contribution in [0.5, 0.6) is 0 Å². The highest BCUT2D eigenvalue weighted by atomic mass is 15.4. The van der Waals surface area contributed by atoms with Gasteiger partial charge in [0.25, 0.3) is 5.78 Å². The molecule has 2 aromatic carbocycles. The summed E-state index contributed by atoms with van der Waals surface area (Å²) >= 11 is 0. The van der Waals surface area contributed by atoms with Crippen molar-refractivity contribution in [3.63, 3.8) is 0 Å². The minimum Gasteiger partial charge on any atom is -0.369 e. The van der Waals surface area contributed by atoms with Gasteiger partial charge in [-0.1, -0.05) is 48.5 Å². The molecule has 27 heavy (non-hydrogen) atoms. The van der Waals surface area contributed by atoms with Crippen LogP contribution < -0.4 is 10.2 Å². The summed E-state index contributed by atoms with van der Waals surface area (Å²) in [4.78, 5) is 11.3. The lowest BCUT2D eigenvalue weighted by Crippen LogP contribution is -2.26. The van der Waals surface area contributed by atoms with Crippen LogP contribution in [0.25, 0.3) is 17.0 Å². The normalized spacial score (nSPS) is 16.7. The molecule has 5 rings (SSSR count). The van der Waals surface area contributed by atoms with Crippen LogP contribution >= 0.6 is 0 Å². The summed E-state index contributed by atoms with van der Waals surface area (Å²) in [5.74, 6) is 1.54.